The average Bonchev–Trinajstić information content (AvgIpc) is 3.10. The third kappa shape index (κ3) is 4.29. The van der Waals surface area contributed by atoms with Crippen molar-refractivity contribution in [3.8, 4) is 5.75 Å². The minimum Gasteiger partial charge on any atom is -0.489 e. The summed E-state index contributed by atoms with van der Waals surface area (Å²) in [6.07, 6.45) is 4.02. The van der Waals surface area contributed by atoms with Crippen molar-refractivity contribution >= 4 is 23.4 Å². The molecule has 1 amide bonds. The standard InChI is InChI=1S/C25H30ClNO3/c1-25(2,3)30-24(28)27-15-18(14-26)23-20-12-8-7-11-19(20)22(13-21(23)27)29-16-17-9-5-4-6-10-17/h4-6,9-10,13,18H,7-8,11-12,14-16H2,1-3H3. The summed E-state index contributed by atoms with van der Waals surface area (Å²) in [6.45, 7) is 6.74. The number of rotatable bonds is 4. The van der Waals surface area contributed by atoms with E-state index in [1.807, 2.05) is 45.0 Å². The molecule has 0 fully saturated rings. The van der Waals surface area contributed by atoms with E-state index in [9.17, 15) is 4.79 Å². The van der Waals surface area contributed by atoms with E-state index in [-0.39, 0.29) is 12.0 Å². The molecule has 2 aromatic carbocycles. The summed E-state index contributed by atoms with van der Waals surface area (Å²) in [7, 11) is 0. The molecule has 160 valence electrons. The second-order valence-corrected chi connectivity index (χ2v) is 9.50. The number of anilines is 1. The fraction of sp³-hybridized carbons (Fsp3) is 0.480. The smallest absolute Gasteiger partial charge is 0.414 e. The van der Waals surface area contributed by atoms with Gasteiger partial charge in [-0.1, -0.05) is 30.3 Å². The quantitative estimate of drug-likeness (QED) is 0.543. The number of nitrogens with zero attached hydrogens (tertiary/aromatic N) is 1. The minimum atomic E-state index is -0.544. The lowest BCUT2D eigenvalue weighted by molar-refractivity contribution is 0.0582. The molecule has 0 bridgehead atoms. The van der Waals surface area contributed by atoms with Crippen molar-refractivity contribution in [3.63, 3.8) is 0 Å². The number of carbonyl (C=O) groups is 1. The van der Waals surface area contributed by atoms with Crippen molar-refractivity contribution in [2.24, 2.45) is 0 Å². The van der Waals surface area contributed by atoms with Gasteiger partial charge in [0, 0.05) is 24.4 Å². The van der Waals surface area contributed by atoms with Gasteiger partial charge in [0.05, 0.1) is 5.69 Å². The lowest BCUT2D eigenvalue weighted by atomic mass is 9.84. The van der Waals surface area contributed by atoms with Crippen molar-refractivity contribution in [3.05, 3.63) is 58.7 Å². The molecule has 4 nitrogen and oxygen atoms in total. The number of hydrogen-bond acceptors (Lipinski definition) is 3. The van der Waals surface area contributed by atoms with E-state index in [1.165, 1.54) is 16.7 Å². The first-order chi connectivity index (χ1) is 14.4. The minimum absolute atomic E-state index is 0.129. The topological polar surface area (TPSA) is 38.8 Å². The second-order valence-electron chi connectivity index (χ2n) is 9.19. The van der Waals surface area contributed by atoms with Crippen molar-refractivity contribution in [2.45, 2.75) is 64.6 Å². The van der Waals surface area contributed by atoms with E-state index >= 15 is 0 Å². The van der Waals surface area contributed by atoms with Crippen LogP contribution in [0.4, 0.5) is 10.5 Å². The molecule has 1 aliphatic carbocycles. The Kier molecular flexibility index (Phi) is 5.97. The number of ether oxygens (including phenoxy) is 2. The van der Waals surface area contributed by atoms with Crippen LogP contribution in [0.15, 0.2) is 36.4 Å². The molecule has 30 heavy (non-hydrogen) atoms. The summed E-state index contributed by atoms with van der Waals surface area (Å²) in [4.78, 5) is 14.7. The van der Waals surface area contributed by atoms with Crippen molar-refractivity contribution in [1.29, 1.82) is 0 Å². The zero-order valence-corrected chi connectivity index (χ0v) is 18.8. The molecule has 2 aromatic rings. The van der Waals surface area contributed by atoms with Gasteiger partial charge < -0.3 is 9.47 Å². The molecule has 1 unspecified atom stereocenters. The highest BCUT2D eigenvalue weighted by molar-refractivity contribution is 6.18. The number of halogens is 1. The van der Waals surface area contributed by atoms with Crippen LogP contribution in [0.1, 0.15) is 61.8 Å². The first-order valence-electron chi connectivity index (χ1n) is 10.8. The summed E-state index contributed by atoms with van der Waals surface area (Å²) < 4.78 is 12.0. The van der Waals surface area contributed by atoms with Gasteiger partial charge in [0.1, 0.15) is 18.0 Å². The fourth-order valence-corrected chi connectivity index (χ4v) is 4.74. The van der Waals surface area contributed by atoms with Gasteiger partial charge in [0.2, 0.25) is 0 Å². The largest absolute Gasteiger partial charge is 0.489 e. The summed E-state index contributed by atoms with van der Waals surface area (Å²) in [5.41, 5.74) is 5.33. The van der Waals surface area contributed by atoms with Crippen LogP contribution in [0.5, 0.6) is 5.75 Å². The van der Waals surface area contributed by atoms with Gasteiger partial charge in [0.25, 0.3) is 0 Å². The van der Waals surface area contributed by atoms with Crippen LogP contribution < -0.4 is 9.64 Å². The molecule has 5 heteroatoms. The number of benzene rings is 2. The summed E-state index contributed by atoms with van der Waals surface area (Å²) in [5, 5.41) is 0. The molecule has 1 heterocycles. The van der Waals surface area contributed by atoms with Crippen molar-refractivity contribution < 1.29 is 14.3 Å². The van der Waals surface area contributed by atoms with Gasteiger partial charge in [-0.25, -0.2) is 4.79 Å². The zero-order valence-electron chi connectivity index (χ0n) is 18.0. The Balaban J connectivity index is 1.72. The van der Waals surface area contributed by atoms with Gasteiger partial charge in [0.15, 0.2) is 0 Å². The number of fused-ring (bicyclic) bond motifs is 3. The fourth-order valence-electron chi connectivity index (χ4n) is 4.49. The summed E-state index contributed by atoms with van der Waals surface area (Å²) >= 11 is 6.35. The molecule has 0 saturated carbocycles. The maximum atomic E-state index is 13.0. The second kappa shape index (κ2) is 8.50. The maximum absolute atomic E-state index is 13.0. The van der Waals surface area contributed by atoms with E-state index in [4.69, 9.17) is 21.1 Å². The van der Waals surface area contributed by atoms with Crippen LogP contribution in [-0.4, -0.2) is 24.1 Å². The predicted molar refractivity (Wildman–Crippen MR) is 121 cm³/mol. The third-order valence-corrected chi connectivity index (χ3v) is 6.15. The molecule has 0 saturated heterocycles. The van der Waals surface area contributed by atoms with Crippen LogP contribution in [-0.2, 0) is 24.2 Å². The van der Waals surface area contributed by atoms with E-state index in [0.29, 0.717) is 19.0 Å². The average molecular weight is 428 g/mol. The van der Waals surface area contributed by atoms with E-state index in [0.717, 1.165) is 42.7 Å². The first-order valence-corrected chi connectivity index (χ1v) is 11.3. The van der Waals surface area contributed by atoms with Gasteiger partial charge in [-0.3, -0.25) is 4.90 Å². The van der Waals surface area contributed by atoms with Gasteiger partial charge in [-0.15, -0.1) is 11.6 Å². The Morgan fingerprint density at radius 2 is 1.83 bits per heavy atom. The highest BCUT2D eigenvalue weighted by Crippen LogP contribution is 2.47. The molecule has 0 radical (unpaired) electrons. The molecule has 0 spiro atoms. The van der Waals surface area contributed by atoms with Crippen LogP contribution in [0.25, 0.3) is 0 Å². The zero-order chi connectivity index (χ0) is 21.3. The highest BCUT2D eigenvalue weighted by Gasteiger charge is 2.38. The molecule has 0 aromatic heterocycles. The highest BCUT2D eigenvalue weighted by atomic mass is 35.5. The maximum Gasteiger partial charge on any atom is 0.414 e. The normalized spacial score (nSPS) is 18.0. The van der Waals surface area contributed by atoms with Crippen LogP contribution >= 0.6 is 11.6 Å². The number of amides is 1. The molecule has 2 aliphatic rings. The molecular formula is C25H30ClNO3. The van der Waals surface area contributed by atoms with E-state index < -0.39 is 5.60 Å². The Bertz CT molecular complexity index is 920. The monoisotopic (exact) mass is 427 g/mol. The first kappa shape index (κ1) is 21.0. The molecular weight excluding hydrogens is 398 g/mol. The summed E-state index contributed by atoms with van der Waals surface area (Å²) in [6, 6.07) is 12.2. The Morgan fingerprint density at radius 1 is 1.13 bits per heavy atom. The lowest BCUT2D eigenvalue weighted by Gasteiger charge is -2.27. The molecule has 4 rings (SSSR count). The Hall–Kier alpha value is -2.20. The molecule has 0 N–H and O–H groups in total. The number of hydrogen-bond donors (Lipinski definition) is 0. The SMILES string of the molecule is CC(C)(C)OC(=O)N1CC(CCl)c2c1cc(OCc1ccccc1)c1c2CCCC1. The van der Waals surface area contributed by atoms with E-state index in [1.54, 1.807) is 4.90 Å². The van der Waals surface area contributed by atoms with Crippen LogP contribution in [0, 0.1) is 0 Å². The third-order valence-electron chi connectivity index (χ3n) is 5.77. The molecule has 1 aliphatic heterocycles. The number of alkyl halides is 1. The van der Waals surface area contributed by atoms with Gasteiger partial charge in [-0.05, 0) is 68.7 Å². The molecule has 1 atom stereocenters. The number of carbonyl (C=O) groups excluding carboxylic acids is 1. The van der Waals surface area contributed by atoms with Crippen LogP contribution in [0.3, 0.4) is 0 Å². The van der Waals surface area contributed by atoms with Crippen LogP contribution in [0.2, 0.25) is 0 Å². The predicted octanol–water partition coefficient (Wildman–Crippen LogP) is 6.22. The van der Waals surface area contributed by atoms with Crippen molar-refractivity contribution in [2.75, 3.05) is 17.3 Å². The van der Waals surface area contributed by atoms with Gasteiger partial charge in [-0.2, -0.15) is 0 Å². The Morgan fingerprint density at radius 3 is 2.50 bits per heavy atom. The Labute approximate surface area is 184 Å². The lowest BCUT2D eigenvalue weighted by Crippen LogP contribution is -2.36. The van der Waals surface area contributed by atoms with Crippen molar-refractivity contribution in [1.82, 2.24) is 0 Å². The summed E-state index contributed by atoms with van der Waals surface area (Å²) in [5.74, 6) is 1.50. The van der Waals surface area contributed by atoms with Gasteiger partial charge >= 0.3 is 6.09 Å². The van der Waals surface area contributed by atoms with E-state index in [2.05, 4.69) is 12.1 Å².